The number of rotatable bonds is 4. The number of ether oxygens (including phenoxy) is 1. The molecule has 0 unspecified atom stereocenters. The summed E-state index contributed by atoms with van der Waals surface area (Å²) in [6.45, 7) is 1.99. The molecule has 1 aromatic heterocycles. The third-order valence-corrected chi connectivity index (χ3v) is 5.59. The predicted octanol–water partition coefficient (Wildman–Crippen LogP) is 3.69. The van der Waals surface area contributed by atoms with Gasteiger partial charge in [-0.25, -0.2) is 4.79 Å². The molecule has 0 saturated heterocycles. The summed E-state index contributed by atoms with van der Waals surface area (Å²) in [5.74, 6) is 0.0124. The molecule has 0 N–H and O–H groups in total. The Labute approximate surface area is 146 Å². The lowest BCUT2D eigenvalue weighted by Gasteiger charge is -2.16. The molecule has 126 valence electrons. The molecule has 0 saturated carbocycles. The van der Waals surface area contributed by atoms with Crippen molar-refractivity contribution in [1.29, 1.82) is 0 Å². The van der Waals surface area contributed by atoms with E-state index < -0.39 is 5.97 Å². The molecular weight excluding hydrogens is 322 g/mol. The Morgan fingerprint density at radius 2 is 2.04 bits per heavy atom. The predicted molar refractivity (Wildman–Crippen MR) is 95.6 cm³/mol. The SMILES string of the molecule is C[C@H]1CCc2sc(C(=O)OCC(=O)N(C)c3ccccc3)cc2C1. The van der Waals surface area contributed by atoms with Gasteiger partial charge in [-0.05, 0) is 48.9 Å². The van der Waals surface area contributed by atoms with Crippen molar-refractivity contribution in [3.63, 3.8) is 0 Å². The van der Waals surface area contributed by atoms with Crippen LogP contribution in [-0.2, 0) is 22.4 Å². The monoisotopic (exact) mass is 343 g/mol. The van der Waals surface area contributed by atoms with Crippen molar-refractivity contribution in [3.8, 4) is 0 Å². The first-order chi connectivity index (χ1) is 11.5. The Kier molecular flexibility index (Phi) is 5.00. The molecule has 4 nitrogen and oxygen atoms in total. The lowest BCUT2D eigenvalue weighted by molar-refractivity contribution is -0.121. The van der Waals surface area contributed by atoms with E-state index in [9.17, 15) is 9.59 Å². The molecular formula is C19H21NO3S. The molecule has 2 aromatic rings. The minimum absolute atomic E-state index is 0.246. The number of anilines is 1. The quantitative estimate of drug-likeness (QED) is 0.796. The topological polar surface area (TPSA) is 46.6 Å². The Morgan fingerprint density at radius 1 is 1.29 bits per heavy atom. The smallest absolute Gasteiger partial charge is 0.348 e. The van der Waals surface area contributed by atoms with Gasteiger partial charge in [-0.1, -0.05) is 25.1 Å². The maximum absolute atomic E-state index is 12.2. The van der Waals surface area contributed by atoms with Crippen molar-refractivity contribution in [3.05, 3.63) is 51.7 Å². The van der Waals surface area contributed by atoms with Gasteiger partial charge in [0.2, 0.25) is 0 Å². The van der Waals surface area contributed by atoms with Crippen LogP contribution in [0.5, 0.6) is 0 Å². The van der Waals surface area contributed by atoms with E-state index in [1.165, 1.54) is 33.1 Å². The Balaban J connectivity index is 1.59. The van der Waals surface area contributed by atoms with Crippen LogP contribution in [0.25, 0.3) is 0 Å². The number of carbonyl (C=O) groups is 2. The highest BCUT2D eigenvalue weighted by Gasteiger charge is 2.22. The van der Waals surface area contributed by atoms with Crippen LogP contribution in [0, 0.1) is 5.92 Å². The highest BCUT2D eigenvalue weighted by atomic mass is 32.1. The van der Waals surface area contributed by atoms with Crippen LogP contribution in [0.2, 0.25) is 0 Å². The minimum Gasteiger partial charge on any atom is -0.451 e. The summed E-state index contributed by atoms with van der Waals surface area (Å²) >= 11 is 1.50. The van der Waals surface area contributed by atoms with Crippen LogP contribution in [0.4, 0.5) is 5.69 Å². The summed E-state index contributed by atoms with van der Waals surface area (Å²) in [5, 5.41) is 0. The Morgan fingerprint density at radius 3 is 2.79 bits per heavy atom. The number of para-hydroxylation sites is 1. The van der Waals surface area contributed by atoms with E-state index in [-0.39, 0.29) is 12.5 Å². The fourth-order valence-electron chi connectivity index (χ4n) is 2.90. The molecule has 24 heavy (non-hydrogen) atoms. The molecule has 0 bridgehead atoms. The van der Waals surface area contributed by atoms with Crippen molar-refractivity contribution >= 4 is 28.9 Å². The van der Waals surface area contributed by atoms with Gasteiger partial charge in [-0.3, -0.25) is 4.79 Å². The molecule has 0 aliphatic heterocycles. The van der Waals surface area contributed by atoms with Gasteiger partial charge in [0.05, 0.1) is 0 Å². The second-order valence-corrected chi connectivity index (χ2v) is 7.41. The number of likely N-dealkylation sites (N-methyl/N-ethyl adjacent to an activating group) is 1. The van der Waals surface area contributed by atoms with Gasteiger partial charge in [0.1, 0.15) is 4.88 Å². The molecule has 1 atom stereocenters. The van der Waals surface area contributed by atoms with Crippen molar-refractivity contribution in [2.75, 3.05) is 18.6 Å². The highest BCUT2D eigenvalue weighted by Crippen LogP contribution is 2.32. The first-order valence-electron chi connectivity index (χ1n) is 8.15. The van der Waals surface area contributed by atoms with Crippen LogP contribution >= 0.6 is 11.3 Å². The lowest BCUT2D eigenvalue weighted by Crippen LogP contribution is -2.30. The van der Waals surface area contributed by atoms with E-state index in [0.717, 1.165) is 18.5 Å². The van der Waals surface area contributed by atoms with Crippen molar-refractivity contribution in [1.82, 2.24) is 0 Å². The number of hydrogen-bond donors (Lipinski definition) is 0. The first-order valence-corrected chi connectivity index (χ1v) is 8.96. The van der Waals surface area contributed by atoms with E-state index in [1.807, 2.05) is 36.4 Å². The van der Waals surface area contributed by atoms with Crippen LogP contribution in [0.15, 0.2) is 36.4 Å². The Bertz CT molecular complexity index is 738. The standard InChI is InChI=1S/C19H21NO3S/c1-13-8-9-16-14(10-13)11-17(24-16)19(22)23-12-18(21)20(2)15-6-4-3-5-7-15/h3-7,11,13H,8-10,12H2,1-2H3/t13-/m0/s1. The molecule has 0 fully saturated rings. The number of hydrogen-bond acceptors (Lipinski definition) is 4. The maximum atomic E-state index is 12.2. The molecule has 3 rings (SSSR count). The van der Waals surface area contributed by atoms with Gasteiger partial charge in [0.25, 0.3) is 5.91 Å². The summed E-state index contributed by atoms with van der Waals surface area (Å²) in [6.07, 6.45) is 3.22. The third-order valence-electron chi connectivity index (χ3n) is 4.37. The van der Waals surface area contributed by atoms with Crippen LogP contribution < -0.4 is 4.90 Å². The second-order valence-electron chi connectivity index (χ2n) is 6.27. The second kappa shape index (κ2) is 7.18. The fourth-order valence-corrected chi connectivity index (χ4v) is 4.00. The van der Waals surface area contributed by atoms with Gasteiger partial charge in [-0.2, -0.15) is 0 Å². The molecule has 1 aliphatic carbocycles. The Hall–Kier alpha value is -2.14. The summed E-state index contributed by atoms with van der Waals surface area (Å²) in [7, 11) is 1.68. The van der Waals surface area contributed by atoms with E-state index in [0.29, 0.717) is 10.8 Å². The number of esters is 1. The van der Waals surface area contributed by atoms with E-state index in [1.54, 1.807) is 7.05 Å². The molecule has 1 heterocycles. The van der Waals surface area contributed by atoms with Crippen molar-refractivity contribution in [2.24, 2.45) is 5.92 Å². The molecule has 1 aliphatic rings. The summed E-state index contributed by atoms with van der Waals surface area (Å²) < 4.78 is 5.22. The third kappa shape index (κ3) is 3.67. The van der Waals surface area contributed by atoms with Crippen LogP contribution in [-0.4, -0.2) is 25.5 Å². The van der Waals surface area contributed by atoms with Crippen molar-refractivity contribution in [2.45, 2.75) is 26.2 Å². The first kappa shape index (κ1) is 16.7. The largest absolute Gasteiger partial charge is 0.451 e. The zero-order valence-corrected chi connectivity index (χ0v) is 14.8. The molecule has 1 amide bonds. The average molecular weight is 343 g/mol. The zero-order chi connectivity index (χ0) is 17.1. The summed E-state index contributed by atoms with van der Waals surface area (Å²) in [5.41, 5.74) is 2.04. The van der Waals surface area contributed by atoms with Crippen molar-refractivity contribution < 1.29 is 14.3 Å². The zero-order valence-electron chi connectivity index (χ0n) is 14.0. The normalized spacial score (nSPS) is 16.3. The summed E-state index contributed by atoms with van der Waals surface area (Å²) in [4.78, 5) is 27.8. The van der Waals surface area contributed by atoms with E-state index in [4.69, 9.17) is 4.74 Å². The van der Waals surface area contributed by atoms with Crippen LogP contribution in [0.3, 0.4) is 0 Å². The molecule has 0 spiro atoms. The number of carbonyl (C=O) groups excluding carboxylic acids is 2. The average Bonchev–Trinajstić information content (AvgIpc) is 3.02. The van der Waals surface area contributed by atoms with Gasteiger partial charge in [0, 0.05) is 17.6 Å². The van der Waals surface area contributed by atoms with E-state index in [2.05, 4.69) is 6.92 Å². The van der Waals surface area contributed by atoms with Gasteiger partial charge >= 0.3 is 5.97 Å². The maximum Gasteiger partial charge on any atom is 0.348 e. The molecule has 1 aromatic carbocycles. The number of aryl methyl sites for hydroxylation is 1. The van der Waals surface area contributed by atoms with E-state index >= 15 is 0 Å². The van der Waals surface area contributed by atoms with Crippen LogP contribution in [0.1, 0.15) is 33.5 Å². The fraction of sp³-hybridized carbons (Fsp3) is 0.368. The summed E-state index contributed by atoms with van der Waals surface area (Å²) in [6, 6.07) is 11.2. The van der Waals surface area contributed by atoms with Gasteiger partial charge in [-0.15, -0.1) is 11.3 Å². The highest BCUT2D eigenvalue weighted by molar-refractivity contribution is 7.14. The number of nitrogens with zero attached hydrogens (tertiary/aromatic N) is 1. The number of benzene rings is 1. The number of fused-ring (bicyclic) bond motifs is 1. The number of amides is 1. The number of thiophene rings is 1. The lowest BCUT2D eigenvalue weighted by atomic mass is 9.90. The van der Waals surface area contributed by atoms with Gasteiger partial charge in [0.15, 0.2) is 6.61 Å². The molecule has 0 radical (unpaired) electrons. The minimum atomic E-state index is -0.406. The van der Waals surface area contributed by atoms with Gasteiger partial charge < -0.3 is 9.64 Å². The molecule has 5 heteroatoms.